The zero-order valence-electron chi connectivity index (χ0n) is 18.5. The van der Waals surface area contributed by atoms with Crippen molar-refractivity contribution >= 4 is 11.9 Å². The molecular weight excluding hydrogens is 405 g/mol. The second kappa shape index (κ2) is 9.85. The Balaban J connectivity index is 1.50. The summed E-state index contributed by atoms with van der Waals surface area (Å²) in [4.78, 5) is 28.5. The van der Waals surface area contributed by atoms with Crippen molar-refractivity contribution in [3.63, 3.8) is 0 Å². The van der Waals surface area contributed by atoms with E-state index in [1.165, 1.54) is 12.1 Å². The summed E-state index contributed by atoms with van der Waals surface area (Å²) < 4.78 is 13.4. The Kier molecular flexibility index (Phi) is 6.73. The summed E-state index contributed by atoms with van der Waals surface area (Å²) in [6.45, 7) is 5.41. The molecule has 1 fully saturated rings. The van der Waals surface area contributed by atoms with Crippen LogP contribution in [0.5, 0.6) is 0 Å². The minimum absolute atomic E-state index is 0.0313. The number of nitrogens with one attached hydrogen (secondary N) is 1. The molecule has 0 unspecified atom stereocenters. The van der Waals surface area contributed by atoms with Crippen molar-refractivity contribution in [1.29, 1.82) is 0 Å². The van der Waals surface area contributed by atoms with E-state index in [0.29, 0.717) is 24.6 Å². The van der Waals surface area contributed by atoms with Crippen LogP contribution < -0.4 is 5.32 Å². The lowest BCUT2D eigenvalue weighted by Gasteiger charge is -2.32. The van der Waals surface area contributed by atoms with Crippen molar-refractivity contribution in [2.75, 3.05) is 18.4 Å². The average molecular weight is 434 g/mol. The van der Waals surface area contributed by atoms with E-state index in [0.717, 1.165) is 29.8 Å². The van der Waals surface area contributed by atoms with Gasteiger partial charge in [-0.15, -0.1) is 0 Å². The molecule has 0 radical (unpaired) electrons. The predicted octanol–water partition coefficient (Wildman–Crippen LogP) is 4.45. The smallest absolute Gasteiger partial charge is 0.226 e. The van der Waals surface area contributed by atoms with Crippen LogP contribution in [-0.2, 0) is 11.2 Å². The summed E-state index contributed by atoms with van der Waals surface area (Å²) in [5.74, 6) is 0.537. The van der Waals surface area contributed by atoms with Crippen LogP contribution >= 0.6 is 0 Å². The molecule has 1 N–H and O–H groups in total. The maximum atomic E-state index is 13.4. The minimum atomic E-state index is -0.314. The van der Waals surface area contributed by atoms with Crippen molar-refractivity contribution < 1.29 is 9.18 Å². The maximum absolute atomic E-state index is 13.4. The first-order valence-corrected chi connectivity index (χ1v) is 11.1. The number of anilines is 1. The highest BCUT2D eigenvalue weighted by molar-refractivity contribution is 5.79. The number of halogens is 1. The molecule has 6 nitrogen and oxygen atoms in total. The van der Waals surface area contributed by atoms with Gasteiger partial charge in [0.25, 0.3) is 0 Å². The molecule has 7 heteroatoms. The number of carbonyl (C=O) groups excluding carboxylic acids is 1. The van der Waals surface area contributed by atoms with Crippen LogP contribution in [-0.4, -0.2) is 44.9 Å². The molecule has 3 aromatic rings. The number of hydrogen-bond donors (Lipinski definition) is 1. The number of pyridine rings is 1. The zero-order valence-corrected chi connectivity index (χ0v) is 18.5. The quantitative estimate of drug-likeness (QED) is 0.622. The summed E-state index contributed by atoms with van der Waals surface area (Å²) in [7, 11) is 0. The summed E-state index contributed by atoms with van der Waals surface area (Å²) in [5.41, 5.74) is 3.46. The molecule has 0 saturated carbocycles. The molecule has 0 spiro atoms. The highest BCUT2D eigenvalue weighted by Crippen LogP contribution is 2.34. The van der Waals surface area contributed by atoms with Gasteiger partial charge in [-0.2, -0.15) is 0 Å². The molecule has 1 amide bonds. The standard InChI is InChI=1S/C25H28FN5O/c1-17(2)29-25-28-16-21(22-8-3-4-11-27-22)24(30-25)19-9-12-31(13-10-19)23(32)15-18-6-5-7-20(26)14-18/h3-8,11,14,16-17,19H,9-10,12-13,15H2,1-2H3,(H,28,29,30). The van der Waals surface area contributed by atoms with Gasteiger partial charge in [-0.1, -0.05) is 18.2 Å². The first kappa shape index (κ1) is 21.9. The Morgan fingerprint density at radius 3 is 2.66 bits per heavy atom. The van der Waals surface area contributed by atoms with E-state index in [4.69, 9.17) is 4.98 Å². The van der Waals surface area contributed by atoms with Gasteiger partial charge in [0.15, 0.2) is 0 Å². The fourth-order valence-corrected chi connectivity index (χ4v) is 4.09. The van der Waals surface area contributed by atoms with E-state index < -0.39 is 0 Å². The van der Waals surface area contributed by atoms with Gasteiger partial charge in [0.05, 0.1) is 17.8 Å². The Bertz CT molecular complexity index is 1060. The van der Waals surface area contributed by atoms with Gasteiger partial charge in [-0.05, 0) is 56.5 Å². The molecule has 0 bridgehead atoms. The molecule has 2 aromatic heterocycles. The predicted molar refractivity (Wildman–Crippen MR) is 123 cm³/mol. The zero-order chi connectivity index (χ0) is 22.5. The van der Waals surface area contributed by atoms with Crippen LogP contribution in [0.25, 0.3) is 11.3 Å². The lowest BCUT2D eigenvalue weighted by atomic mass is 9.89. The number of hydrogen-bond acceptors (Lipinski definition) is 5. The third-order valence-electron chi connectivity index (χ3n) is 5.66. The number of rotatable bonds is 6. The number of likely N-dealkylation sites (tertiary alicyclic amines) is 1. The van der Waals surface area contributed by atoms with E-state index in [9.17, 15) is 9.18 Å². The van der Waals surface area contributed by atoms with Crippen molar-refractivity contribution in [3.05, 3.63) is 71.9 Å². The SMILES string of the molecule is CC(C)Nc1ncc(-c2ccccn2)c(C2CCN(C(=O)Cc3cccc(F)c3)CC2)n1. The number of nitrogens with zero attached hydrogens (tertiary/aromatic N) is 4. The molecule has 1 aliphatic rings. The summed E-state index contributed by atoms with van der Waals surface area (Å²) in [5, 5.41) is 3.28. The van der Waals surface area contributed by atoms with E-state index in [1.54, 1.807) is 18.3 Å². The average Bonchev–Trinajstić information content (AvgIpc) is 2.79. The number of piperidine rings is 1. The topological polar surface area (TPSA) is 71.0 Å². The Morgan fingerprint density at radius 2 is 1.97 bits per heavy atom. The molecule has 1 saturated heterocycles. The summed E-state index contributed by atoms with van der Waals surface area (Å²) in [6, 6.07) is 12.3. The van der Waals surface area contributed by atoms with Crippen LogP contribution in [0.1, 0.15) is 43.9 Å². The van der Waals surface area contributed by atoms with Crippen LogP contribution in [0, 0.1) is 5.82 Å². The molecule has 166 valence electrons. The second-order valence-electron chi connectivity index (χ2n) is 8.47. The van der Waals surface area contributed by atoms with Crippen LogP contribution in [0.15, 0.2) is 54.9 Å². The highest BCUT2D eigenvalue weighted by atomic mass is 19.1. The van der Waals surface area contributed by atoms with Gasteiger partial charge in [0.2, 0.25) is 11.9 Å². The van der Waals surface area contributed by atoms with E-state index in [2.05, 4.69) is 29.1 Å². The van der Waals surface area contributed by atoms with Gasteiger partial charge in [-0.3, -0.25) is 9.78 Å². The molecule has 32 heavy (non-hydrogen) atoms. The number of aromatic nitrogens is 3. The third-order valence-corrected chi connectivity index (χ3v) is 5.66. The normalized spacial score (nSPS) is 14.6. The Labute approximate surface area is 187 Å². The van der Waals surface area contributed by atoms with Gasteiger partial charge >= 0.3 is 0 Å². The summed E-state index contributed by atoms with van der Waals surface area (Å²) in [6.07, 6.45) is 5.46. The fraction of sp³-hybridized carbons (Fsp3) is 0.360. The van der Waals surface area contributed by atoms with Crippen molar-refractivity contribution in [2.45, 2.75) is 45.1 Å². The van der Waals surface area contributed by atoms with Crippen LogP contribution in [0.4, 0.5) is 10.3 Å². The lowest BCUT2D eigenvalue weighted by Crippen LogP contribution is -2.39. The molecule has 4 rings (SSSR count). The molecule has 1 aliphatic heterocycles. The van der Waals surface area contributed by atoms with Gasteiger partial charge < -0.3 is 10.2 Å². The third kappa shape index (κ3) is 5.28. The molecule has 0 atom stereocenters. The van der Waals surface area contributed by atoms with Gasteiger partial charge in [0.1, 0.15) is 5.82 Å². The molecule has 3 heterocycles. The van der Waals surface area contributed by atoms with Gasteiger partial charge in [0, 0.05) is 43.0 Å². The highest BCUT2D eigenvalue weighted by Gasteiger charge is 2.27. The van der Waals surface area contributed by atoms with Crippen molar-refractivity contribution in [3.8, 4) is 11.3 Å². The first-order valence-electron chi connectivity index (χ1n) is 11.1. The summed E-state index contributed by atoms with van der Waals surface area (Å²) >= 11 is 0. The van der Waals surface area contributed by atoms with Crippen molar-refractivity contribution in [2.24, 2.45) is 0 Å². The maximum Gasteiger partial charge on any atom is 0.226 e. The molecular formula is C25H28FN5O. The first-order chi connectivity index (χ1) is 15.5. The van der Waals surface area contributed by atoms with E-state index >= 15 is 0 Å². The van der Waals surface area contributed by atoms with E-state index in [1.807, 2.05) is 29.3 Å². The second-order valence-corrected chi connectivity index (χ2v) is 8.47. The number of benzene rings is 1. The van der Waals surface area contributed by atoms with Gasteiger partial charge in [-0.25, -0.2) is 14.4 Å². The Hall–Kier alpha value is -3.35. The van der Waals surface area contributed by atoms with Crippen LogP contribution in [0.3, 0.4) is 0 Å². The van der Waals surface area contributed by atoms with Crippen LogP contribution in [0.2, 0.25) is 0 Å². The fourth-order valence-electron chi connectivity index (χ4n) is 4.09. The Morgan fingerprint density at radius 1 is 1.16 bits per heavy atom. The molecule has 1 aromatic carbocycles. The monoisotopic (exact) mass is 433 g/mol. The number of carbonyl (C=O) groups is 1. The number of amides is 1. The minimum Gasteiger partial charge on any atom is -0.352 e. The van der Waals surface area contributed by atoms with Crippen molar-refractivity contribution in [1.82, 2.24) is 19.9 Å². The molecule has 0 aliphatic carbocycles. The largest absolute Gasteiger partial charge is 0.352 e. The lowest BCUT2D eigenvalue weighted by molar-refractivity contribution is -0.131. The van der Waals surface area contributed by atoms with E-state index in [-0.39, 0.29) is 30.1 Å².